The van der Waals surface area contributed by atoms with Crippen molar-refractivity contribution in [1.82, 2.24) is 25.3 Å². The summed E-state index contributed by atoms with van der Waals surface area (Å²) in [4.78, 5) is 34.6. The number of carbonyl (C=O) groups is 1. The second-order valence-electron chi connectivity index (χ2n) is 9.57. The van der Waals surface area contributed by atoms with E-state index < -0.39 is 6.10 Å². The van der Waals surface area contributed by atoms with Crippen molar-refractivity contribution in [2.75, 3.05) is 36.0 Å². The molecule has 1 atom stereocenters. The number of ether oxygens (including phenoxy) is 1. The lowest BCUT2D eigenvalue weighted by atomic mass is 10.1. The summed E-state index contributed by atoms with van der Waals surface area (Å²) in [5.74, 6) is 1.93. The molecule has 10 nitrogen and oxygen atoms in total. The van der Waals surface area contributed by atoms with Gasteiger partial charge in [0.05, 0.1) is 6.10 Å². The average molecular weight is 504 g/mol. The Hall–Kier alpha value is -3.79. The molecule has 2 aromatic heterocycles. The minimum Gasteiger partial charge on any atom is -0.474 e. The molecule has 0 aliphatic carbocycles. The third-order valence-corrected chi connectivity index (χ3v) is 6.81. The average Bonchev–Trinajstić information content (AvgIpc) is 3.36. The molecule has 0 radical (unpaired) electrons. The number of nitrogens with zero attached hydrogens (tertiary/aromatic N) is 6. The fraction of sp³-hybridized carbons (Fsp3) is 0.444. The maximum Gasteiger partial charge on any atom is 0.251 e. The Morgan fingerprint density at radius 2 is 1.92 bits per heavy atom. The Kier molecular flexibility index (Phi) is 7.45. The Morgan fingerprint density at radius 1 is 1.14 bits per heavy atom. The molecule has 0 spiro atoms. The maximum absolute atomic E-state index is 12.4. The zero-order chi connectivity index (χ0) is 25.8. The van der Waals surface area contributed by atoms with Gasteiger partial charge in [0.2, 0.25) is 11.8 Å². The Labute approximate surface area is 216 Å². The lowest BCUT2D eigenvalue weighted by Crippen LogP contribution is -2.39. The number of aliphatic hydroxyl groups is 1. The molecule has 5 rings (SSSR count). The summed E-state index contributed by atoms with van der Waals surface area (Å²) in [5.41, 5.74) is 3.85. The minimum absolute atomic E-state index is 0.0717. The topological polar surface area (TPSA) is 117 Å². The molecule has 0 unspecified atom stereocenters. The largest absolute Gasteiger partial charge is 0.474 e. The van der Waals surface area contributed by atoms with E-state index in [0.717, 1.165) is 73.9 Å². The number of aryl methyl sites for hydroxylation is 1. The fourth-order valence-corrected chi connectivity index (χ4v) is 4.70. The highest BCUT2D eigenvalue weighted by Crippen LogP contribution is 2.35. The van der Waals surface area contributed by atoms with E-state index in [4.69, 9.17) is 4.74 Å². The highest BCUT2D eigenvalue weighted by atomic mass is 16.5. The van der Waals surface area contributed by atoms with Crippen molar-refractivity contribution >= 4 is 23.4 Å². The van der Waals surface area contributed by atoms with E-state index in [2.05, 4.69) is 42.0 Å². The van der Waals surface area contributed by atoms with Crippen molar-refractivity contribution in [2.45, 2.75) is 51.7 Å². The Balaban J connectivity index is 1.20. The Morgan fingerprint density at radius 3 is 2.65 bits per heavy atom. The molecular formula is C27H33N7O3. The van der Waals surface area contributed by atoms with Gasteiger partial charge in [-0.3, -0.25) is 4.79 Å². The number of nitrogens with one attached hydrogen (secondary N) is 1. The molecule has 2 aliphatic heterocycles. The molecule has 0 saturated carbocycles. The first kappa shape index (κ1) is 24.9. The van der Waals surface area contributed by atoms with E-state index >= 15 is 0 Å². The van der Waals surface area contributed by atoms with E-state index in [-0.39, 0.29) is 18.6 Å². The summed E-state index contributed by atoms with van der Waals surface area (Å²) >= 11 is 0. The number of fused-ring (bicyclic) bond motifs is 1. The number of aromatic nitrogens is 4. The van der Waals surface area contributed by atoms with Crippen molar-refractivity contribution in [3.63, 3.8) is 0 Å². The zero-order valence-electron chi connectivity index (χ0n) is 21.3. The number of rotatable bonds is 8. The van der Waals surface area contributed by atoms with Gasteiger partial charge in [-0.25, -0.2) is 19.9 Å². The quantitative estimate of drug-likeness (QED) is 0.478. The lowest BCUT2D eigenvalue weighted by molar-refractivity contribution is 0.0924. The molecule has 1 saturated heterocycles. The number of piperidine rings is 1. The smallest absolute Gasteiger partial charge is 0.251 e. The first-order chi connectivity index (χ1) is 18.0. The molecule has 2 aliphatic rings. The third kappa shape index (κ3) is 5.80. The summed E-state index contributed by atoms with van der Waals surface area (Å²) in [7, 11) is 0. The number of amides is 1. The summed E-state index contributed by atoms with van der Waals surface area (Å²) < 4.78 is 6.24. The SMILES string of the molecule is CCc1cnc(N2CCC(Oc3cc(N4CCc5cc(C(=O)NC[C@H](C)O)ccc54)ncn3)CC2)nc1. The zero-order valence-corrected chi connectivity index (χ0v) is 21.3. The van der Waals surface area contributed by atoms with Crippen LogP contribution in [0.3, 0.4) is 0 Å². The van der Waals surface area contributed by atoms with Crippen molar-refractivity contribution in [3.8, 4) is 5.88 Å². The van der Waals surface area contributed by atoms with Gasteiger partial charge in [0.15, 0.2) is 0 Å². The molecule has 1 fully saturated rings. The number of benzene rings is 1. The predicted octanol–water partition coefficient (Wildman–Crippen LogP) is 2.68. The van der Waals surface area contributed by atoms with Gasteiger partial charge in [-0.15, -0.1) is 0 Å². The van der Waals surface area contributed by atoms with Crippen molar-refractivity contribution in [2.24, 2.45) is 0 Å². The Bertz CT molecular complexity index is 1230. The van der Waals surface area contributed by atoms with Gasteiger partial charge < -0.3 is 25.0 Å². The second-order valence-corrected chi connectivity index (χ2v) is 9.57. The molecule has 4 heterocycles. The van der Waals surface area contributed by atoms with E-state index in [1.807, 2.05) is 30.6 Å². The van der Waals surface area contributed by atoms with Crippen LogP contribution in [0.15, 0.2) is 43.0 Å². The van der Waals surface area contributed by atoms with Crippen molar-refractivity contribution in [1.29, 1.82) is 0 Å². The van der Waals surface area contributed by atoms with Crippen molar-refractivity contribution in [3.05, 3.63) is 59.7 Å². The summed E-state index contributed by atoms with van der Waals surface area (Å²) in [6.07, 6.45) is 8.31. The van der Waals surface area contributed by atoms with E-state index in [1.165, 1.54) is 0 Å². The van der Waals surface area contributed by atoms with Gasteiger partial charge in [-0.05, 0) is 49.1 Å². The van der Waals surface area contributed by atoms with E-state index in [9.17, 15) is 9.90 Å². The molecule has 2 N–H and O–H groups in total. The normalized spacial score (nSPS) is 16.4. The van der Waals surface area contributed by atoms with E-state index in [0.29, 0.717) is 11.4 Å². The molecule has 0 bridgehead atoms. The van der Waals surface area contributed by atoms with Gasteiger partial charge in [0, 0.05) is 68.7 Å². The monoisotopic (exact) mass is 503 g/mol. The van der Waals surface area contributed by atoms with Crippen LogP contribution in [0.25, 0.3) is 0 Å². The van der Waals surface area contributed by atoms with Crippen LogP contribution < -0.4 is 19.9 Å². The number of carbonyl (C=O) groups excluding carboxylic acids is 1. The number of aliphatic hydroxyl groups excluding tert-OH is 1. The van der Waals surface area contributed by atoms with Crippen LogP contribution in [0.2, 0.25) is 0 Å². The first-order valence-corrected chi connectivity index (χ1v) is 12.9. The van der Waals surface area contributed by atoms with Crippen LogP contribution in [-0.4, -0.2) is 69.3 Å². The van der Waals surface area contributed by atoms with Crippen LogP contribution in [0, 0.1) is 0 Å². The van der Waals surface area contributed by atoms with Crippen LogP contribution in [0.1, 0.15) is 48.2 Å². The van der Waals surface area contributed by atoms with Crippen LogP contribution >= 0.6 is 0 Å². The standard InChI is InChI=1S/C27H33N7O3/c1-3-19-15-29-27(30-16-19)33-9-7-22(8-10-33)37-25-13-24(31-17-32-25)34-11-6-20-12-21(4-5-23(20)34)26(36)28-14-18(2)35/h4-5,12-13,15-18,22,35H,3,6-11,14H2,1-2H3,(H,28,36)/t18-/m0/s1. The fourth-order valence-electron chi connectivity index (χ4n) is 4.70. The summed E-state index contributed by atoms with van der Waals surface area (Å²) in [6.45, 7) is 6.40. The molecule has 1 aromatic carbocycles. The maximum atomic E-state index is 12.4. The van der Waals surface area contributed by atoms with E-state index in [1.54, 1.807) is 19.3 Å². The predicted molar refractivity (Wildman–Crippen MR) is 140 cm³/mol. The van der Waals surface area contributed by atoms with Gasteiger partial charge in [-0.1, -0.05) is 6.92 Å². The number of hydrogen-bond donors (Lipinski definition) is 2. The lowest BCUT2D eigenvalue weighted by Gasteiger charge is -2.32. The summed E-state index contributed by atoms with van der Waals surface area (Å²) in [5, 5.41) is 12.2. The van der Waals surface area contributed by atoms with Crippen LogP contribution in [0.5, 0.6) is 5.88 Å². The van der Waals surface area contributed by atoms with Gasteiger partial charge in [0.25, 0.3) is 5.91 Å². The minimum atomic E-state index is -0.581. The van der Waals surface area contributed by atoms with Gasteiger partial charge in [-0.2, -0.15) is 0 Å². The first-order valence-electron chi connectivity index (χ1n) is 12.9. The van der Waals surface area contributed by atoms with Crippen LogP contribution in [-0.2, 0) is 12.8 Å². The molecule has 3 aromatic rings. The summed E-state index contributed by atoms with van der Waals surface area (Å²) in [6, 6.07) is 7.56. The van der Waals surface area contributed by atoms with Gasteiger partial charge >= 0.3 is 0 Å². The molecular weight excluding hydrogens is 470 g/mol. The van der Waals surface area contributed by atoms with Gasteiger partial charge in [0.1, 0.15) is 18.2 Å². The van der Waals surface area contributed by atoms with Crippen molar-refractivity contribution < 1.29 is 14.6 Å². The number of anilines is 3. The van der Waals surface area contributed by atoms with Crippen LogP contribution in [0.4, 0.5) is 17.5 Å². The molecule has 1 amide bonds. The second kappa shape index (κ2) is 11.1. The highest BCUT2D eigenvalue weighted by Gasteiger charge is 2.25. The molecule has 10 heteroatoms. The molecule has 194 valence electrons. The highest BCUT2D eigenvalue weighted by molar-refractivity contribution is 5.95. The third-order valence-electron chi connectivity index (χ3n) is 6.81. The number of hydrogen-bond acceptors (Lipinski definition) is 9. The molecule has 37 heavy (non-hydrogen) atoms.